The molecule has 2 aromatic heterocycles. The van der Waals surface area contributed by atoms with E-state index in [-0.39, 0.29) is 18.3 Å². The van der Waals surface area contributed by atoms with Crippen molar-refractivity contribution in [2.75, 3.05) is 0 Å². The van der Waals surface area contributed by atoms with Crippen molar-refractivity contribution in [2.24, 2.45) is 7.05 Å². The van der Waals surface area contributed by atoms with Crippen LogP contribution >= 0.6 is 0 Å². The highest BCUT2D eigenvalue weighted by Crippen LogP contribution is 2.28. The monoisotopic (exact) mass is 381 g/mol. The molecule has 0 fully saturated rings. The molecule has 1 N–H and O–H groups in total. The smallest absolute Gasteiger partial charge is 0.287 e. The van der Waals surface area contributed by atoms with Crippen LogP contribution in [0.1, 0.15) is 58.6 Å². The molecule has 1 amide bonds. The lowest BCUT2D eigenvalue weighted by Gasteiger charge is -2.14. The van der Waals surface area contributed by atoms with Gasteiger partial charge < -0.3 is 14.5 Å². The average Bonchev–Trinajstić information content (AvgIpc) is 3.24. The van der Waals surface area contributed by atoms with Crippen LogP contribution in [0.25, 0.3) is 0 Å². The molecule has 28 heavy (non-hydrogen) atoms. The standard InChI is InChI=1S/C22H27N3O3/c1-14(2)19-8-6-15(3)10-21(19)27-13-18-7-9-20(28-18)22(26)23-12-17-11-16(4)25(5)24-17/h6-11,14H,12-13H2,1-5H3,(H,23,26). The van der Waals surface area contributed by atoms with Gasteiger partial charge in [0.25, 0.3) is 5.91 Å². The van der Waals surface area contributed by atoms with Gasteiger partial charge in [-0.15, -0.1) is 0 Å². The molecule has 3 aromatic rings. The molecular weight excluding hydrogens is 354 g/mol. The number of carbonyl (C=O) groups excluding carboxylic acids is 1. The largest absolute Gasteiger partial charge is 0.485 e. The van der Waals surface area contributed by atoms with Gasteiger partial charge in [0.15, 0.2) is 5.76 Å². The summed E-state index contributed by atoms with van der Waals surface area (Å²) in [6, 6.07) is 11.6. The highest BCUT2D eigenvalue weighted by atomic mass is 16.5. The van der Waals surface area contributed by atoms with Crippen molar-refractivity contribution >= 4 is 5.91 Å². The van der Waals surface area contributed by atoms with Crippen LogP contribution in [0.5, 0.6) is 5.75 Å². The van der Waals surface area contributed by atoms with Crippen LogP contribution in [0.2, 0.25) is 0 Å². The number of amides is 1. The summed E-state index contributed by atoms with van der Waals surface area (Å²) >= 11 is 0. The molecule has 0 spiro atoms. The first-order chi connectivity index (χ1) is 13.3. The van der Waals surface area contributed by atoms with E-state index >= 15 is 0 Å². The minimum atomic E-state index is -0.270. The van der Waals surface area contributed by atoms with Gasteiger partial charge in [0, 0.05) is 12.7 Å². The lowest BCUT2D eigenvalue weighted by Crippen LogP contribution is -2.22. The quantitative estimate of drug-likeness (QED) is 0.664. The summed E-state index contributed by atoms with van der Waals surface area (Å²) in [6.07, 6.45) is 0. The molecule has 6 heteroatoms. The van der Waals surface area contributed by atoms with Crippen molar-refractivity contribution in [1.29, 1.82) is 0 Å². The molecule has 0 saturated carbocycles. The summed E-state index contributed by atoms with van der Waals surface area (Å²) in [7, 11) is 1.87. The summed E-state index contributed by atoms with van der Waals surface area (Å²) in [4.78, 5) is 12.3. The van der Waals surface area contributed by atoms with Gasteiger partial charge in [0.1, 0.15) is 18.1 Å². The van der Waals surface area contributed by atoms with E-state index in [1.54, 1.807) is 16.8 Å². The molecule has 0 aliphatic heterocycles. The first-order valence-corrected chi connectivity index (χ1v) is 9.43. The van der Waals surface area contributed by atoms with Crippen LogP contribution in [0.3, 0.4) is 0 Å². The Morgan fingerprint density at radius 3 is 2.68 bits per heavy atom. The number of aromatic nitrogens is 2. The average molecular weight is 381 g/mol. The number of nitrogens with one attached hydrogen (secondary N) is 1. The number of furan rings is 1. The fraction of sp³-hybridized carbons (Fsp3) is 0.364. The molecule has 0 atom stereocenters. The normalized spacial score (nSPS) is 11.1. The zero-order chi connectivity index (χ0) is 20.3. The summed E-state index contributed by atoms with van der Waals surface area (Å²) in [6.45, 7) is 8.90. The van der Waals surface area contributed by atoms with E-state index in [1.165, 1.54) is 0 Å². The second-order valence-corrected chi connectivity index (χ2v) is 7.33. The SMILES string of the molecule is Cc1ccc(C(C)C)c(OCc2ccc(C(=O)NCc3cc(C)n(C)n3)o2)c1. The van der Waals surface area contributed by atoms with Gasteiger partial charge in [-0.3, -0.25) is 9.48 Å². The molecule has 0 bridgehead atoms. The van der Waals surface area contributed by atoms with E-state index in [4.69, 9.17) is 9.15 Å². The molecule has 3 rings (SSSR count). The van der Waals surface area contributed by atoms with E-state index in [9.17, 15) is 4.79 Å². The van der Waals surface area contributed by atoms with Crippen LogP contribution in [-0.4, -0.2) is 15.7 Å². The highest BCUT2D eigenvalue weighted by molar-refractivity contribution is 5.91. The maximum Gasteiger partial charge on any atom is 0.287 e. The predicted octanol–water partition coefficient (Wildman–Crippen LogP) is 4.26. The molecule has 0 saturated heterocycles. The Bertz CT molecular complexity index is 950. The third-order valence-electron chi connectivity index (χ3n) is 4.64. The lowest BCUT2D eigenvalue weighted by atomic mass is 10.0. The van der Waals surface area contributed by atoms with E-state index in [2.05, 4.69) is 36.4 Å². The Morgan fingerprint density at radius 2 is 2.00 bits per heavy atom. The van der Waals surface area contributed by atoms with Crippen LogP contribution in [0, 0.1) is 13.8 Å². The summed E-state index contributed by atoms with van der Waals surface area (Å²) in [5.41, 5.74) is 4.15. The van der Waals surface area contributed by atoms with Gasteiger partial charge in [0.05, 0.1) is 12.2 Å². The molecular formula is C22H27N3O3. The van der Waals surface area contributed by atoms with Crippen molar-refractivity contribution in [3.05, 3.63) is 70.4 Å². The van der Waals surface area contributed by atoms with Gasteiger partial charge in [0.2, 0.25) is 0 Å². The van der Waals surface area contributed by atoms with Crippen LogP contribution in [0.4, 0.5) is 0 Å². The van der Waals surface area contributed by atoms with Crippen LogP contribution in [0.15, 0.2) is 40.8 Å². The first-order valence-electron chi connectivity index (χ1n) is 9.43. The predicted molar refractivity (Wildman–Crippen MR) is 107 cm³/mol. The molecule has 1 aromatic carbocycles. The number of nitrogens with zero attached hydrogens (tertiary/aromatic N) is 2. The molecule has 6 nitrogen and oxygen atoms in total. The molecule has 2 heterocycles. The zero-order valence-corrected chi connectivity index (χ0v) is 17.1. The van der Waals surface area contributed by atoms with E-state index < -0.39 is 0 Å². The molecule has 0 radical (unpaired) electrons. The van der Waals surface area contributed by atoms with Gasteiger partial charge in [-0.25, -0.2) is 0 Å². The van der Waals surface area contributed by atoms with Crippen molar-refractivity contribution < 1.29 is 13.9 Å². The number of hydrogen-bond acceptors (Lipinski definition) is 4. The fourth-order valence-electron chi connectivity index (χ4n) is 2.95. The first kappa shape index (κ1) is 19.7. The second-order valence-electron chi connectivity index (χ2n) is 7.33. The summed E-state index contributed by atoms with van der Waals surface area (Å²) in [5.74, 6) is 1.81. The molecule has 0 aliphatic carbocycles. The fourth-order valence-corrected chi connectivity index (χ4v) is 2.95. The Kier molecular flexibility index (Phi) is 5.87. The number of aryl methyl sites for hydroxylation is 3. The highest BCUT2D eigenvalue weighted by Gasteiger charge is 2.14. The number of carbonyl (C=O) groups is 1. The molecule has 0 unspecified atom stereocenters. The minimum absolute atomic E-state index is 0.263. The van der Waals surface area contributed by atoms with Gasteiger partial charge in [-0.2, -0.15) is 5.10 Å². The van der Waals surface area contributed by atoms with Crippen molar-refractivity contribution in [1.82, 2.24) is 15.1 Å². The maximum atomic E-state index is 12.3. The van der Waals surface area contributed by atoms with E-state index in [0.717, 1.165) is 28.3 Å². The summed E-state index contributed by atoms with van der Waals surface area (Å²) < 4.78 is 13.4. The van der Waals surface area contributed by atoms with Crippen LogP contribution < -0.4 is 10.1 Å². The number of rotatable bonds is 7. The number of hydrogen-bond donors (Lipinski definition) is 1. The Balaban J connectivity index is 1.59. The summed E-state index contributed by atoms with van der Waals surface area (Å²) in [5, 5.41) is 7.15. The van der Waals surface area contributed by atoms with Gasteiger partial charge >= 0.3 is 0 Å². The Hall–Kier alpha value is -3.02. The third-order valence-corrected chi connectivity index (χ3v) is 4.64. The number of ether oxygens (including phenoxy) is 1. The molecule has 0 aliphatic rings. The molecule has 148 valence electrons. The van der Waals surface area contributed by atoms with Crippen LogP contribution in [-0.2, 0) is 20.2 Å². The van der Waals surface area contributed by atoms with E-state index in [1.807, 2.05) is 33.0 Å². The maximum absolute atomic E-state index is 12.3. The van der Waals surface area contributed by atoms with Gasteiger partial charge in [-0.05, 0) is 55.2 Å². The third kappa shape index (κ3) is 4.63. The zero-order valence-electron chi connectivity index (χ0n) is 17.1. The number of benzene rings is 1. The Labute approximate surface area is 165 Å². The van der Waals surface area contributed by atoms with E-state index in [0.29, 0.717) is 18.2 Å². The minimum Gasteiger partial charge on any atom is -0.485 e. The Morgan fingerprint density at radius 1 is 1.21 bits per heavy atom. The van der Waals surface area contributed by atoms with Gasteiger partial charge in [-0.1, -0.05) is 26.0 Å². The van der Waals surface area contributed by atoms with Crippen molar-refractivity contribution in [3.63, 3.8) is 0 Å². The lowest BCUT2D eigenvalue weighted by molar-refractivity contribution is 0.0918. The van der Waals surface area contributed by atoms with Crippen molar-refractivity contribution in [3.8, 4) is 5.75 Å². The topological polar surface area (TPSA) is 69.3 Å². The second kappa shape index (κ2) is 8.33. The van der Waals surface area contributed by atoms with Crippen molar-refractivity contribution in [2.45, 2.75) is 46.8 Å².